The first kappa shape index (κ1) is 12.1. The number of rotatable bonds is 3. The van der Waals surface area contributed by atoms with Crippen LogP contribution in [-0.4, -0.2) is 18.5 Å². The van der Waals surface area contributed by atoms with Gasteiger partial charge in [0, 0.05) is 5.92 Å². The Balaban J connectivity index is 2.87. The van der Waals surface area contributed by atoms with Crippen LogP contribution in [0.5, 0.6) is 0 Å². The number of halogens is 2. The lowest BCUT2D eigenvalue weighted by Crippen LogP contribution is -2.37. The Hall–Kier alpha value is -0.930. The van der Waals surface area contributed by atoms with Gasteiger partial charge in [-0.2, -0.15) is 0 Å². The number of alkyl halides is 2. The summed E-state index contributed by atoms with van der Waals surface area (Å²) < 4.78 is 32.1. The summed E-state index contributed by atoms with van der Waals surface area (Å²) in [6, 6.07) is 0. The first-order valence-electron chi connectivity index (χ1n) is 5.12. The van der Waals surface area contributed by atoms with E-state index < -0.39 is 23.7 Å². The Bertz CT molecular complexity index is 263. The lowest BCUT2D eigenvalue weighted by Gasteiger charge is -2.22. The fourth-order valence-corrected chi connectivity index (χ4v) is 2.18. The van der Waals surface area contributed by atoms with E-state index in [1.807, 2.05) is 0 Å². The minimum absolute atomic E-state index is 0.136. The third kappa shape index (κ3) is 2.03. The van der Waals surface area contributed by atoms with Gasteiger partial charge in [0.25, 0.3) is 5.92 Å². The van der Waals surface area contributed by atoms with E-state index in [1.54, 1.807) is 13.8 Å². The average molecular weight is 218 g/mol. The molecule has 1 aliphatic carbocycles. The van der Waals surface area contributed by atoms with Gasteiger partial charge in [-0.05, 0) is 19.3 Å². The molecule has 2 nitrogen and oxygen atoms in total. The first-order valence-corrected chi connectivity index (χ1v) is 5.12. The van der Waals surface area contributed by atoms with Crippen LogP contribution in [0.1, 0.15) is 20.3 Å². The van der Waals surface area contributed by atoms with Crippen LogP contribution < -0.4 is 0 Å². The standard InChI is InChI=1S/C11H16F2O2/c1-4-8-6-7(3)9(11(8,12)13)10(14)15-5-2/h4,7-9H,1,5-6H2,2-3H3/t7-,8?,9-/m1/s1. The van der Waals surface area contributed by atoms with Crippen LogP contribution in [0.3, 0.4) is 0 Å². The molecule has 0 heterocycles. The monoisotopic (exact) mass is 218 g/mol. The fraction of sp³-hybridized carbons (Fsp3) is 0.727. The molecule has 1 aliphatic rings. The molecule has 0 aliphatic heterocycles. The molecule has 0 amide bonds. The van der Waals surface area contributed by atoms with Crippen LogP contribution >= 0.6 is 0 Å². The van der Waals surface area contributed by atoms with E-state index in [0.29, 0.717) is 6.42 Å². The molecule has 0 saturated heterocycles. The topological polar surface area (TPSA) is 26.3 Å². The van der Waals surface area contributed by atoms with Gasteiger partial charge in [0.2, 0.25) is 0 Å². The minimum Gasteiger partial charge on any atom is -0.466 e. The molecule has 3 atom stereocenters. The third-order valence-electron chi connectivity index (χ3n) is 2.93. The number of esters is 1. The maximum Gasteiger partial charge on any atom is 0.315 e. The van der Waals surface area contributed by atoms with E-state index in [4.69, 9.17) is 0 Å². The third-order valence-corrected chi connectivity index (χ3v) is 2.93. The van der Waals surface area contributed by atoms with Crippen LogP contribution in [0, 0.1) is 17.8 Å². The first-order chi connectivity index (χ1) is 6.95. The number of hydrogen-bond donors (Lipinski definition) is 0. The molecule has 0 bridgehead atoms. The van der Waals surface area contributed by atoms with Crippen molar-refractivity contribution in [3.05, 3.63) is 12.7 Å². The number of ether oxygens (including phenoxy) is 1. The maximum atomic E-state index is 13.7. The van der Waals surface area contributed by atoms with Crippen molar-refractivity contribution in [3.8, 4) is 0 Å². The summed E-state index contributed by atoms with van der Waals surface area (Å²) in [7, 11) is 0. The van der Waals surface area contributed by atoms with E-state index in [-0.39, 0.29) is 12.5 Å². The molecule has 4 heteroatoms. The summed E-state index contributed by atoms with van der Waals surface area (Å²) in [5, 5.41) is 0. The highest BCUT2D eigenvalue weighted by Gasteiger charge is 2.58. The zero-order valence-corrected chi connectivity index (χ0v) is 9.00. The van der Waals surface area contributed by atoms with Crippen LogP contribution in [0.25, 0.3) is 0 Å². The van der Waals surface area contributed by atoms with Gasteiger partial charge < -0.3 is 4.74 Å². The molecule has 0 aromatic heterocycles. The van der Waals surface area contributed by atoms with Gasteiger partial charge in [0.1, 0.15) is 5.92 Å². The van der Waals surface area contributed by atoms with Crippen molar-refractivity contribution in [1.82, 2.24) is 0 Å². The van der Waals surface area contributed by atoms with Gasteiger partial charge in [0.05, 0.1) is 6.61 Å². The van der Waals surface area contributed by atoms with Gasteiger partial charge in [-0.1, -0.05) is 13.0 Å². The Labute approximate surface area is 88.3 Å². The number of allylic oxidation sites excluding steroid dienone is 1. The second-order valence-electron chi connectivity index (χ2n) is 3.96. The second kappa shape index (κ2) is 4.29. The summed E-state index contributed by atoms with van der Waals surface area (Å²) in [5.74, 6) is -6.41. The van der Waals surface area contributed by atoms with E-state index in [2.05, 4.69) is 11.3 Å². The molecule has 0 radical (unpaired) electrons. The molecule has 0 N–H and O–H groups in total. The van der Waals surface area contributed by atoms with Crippen molar-refractivity contribution in [2.45, 2.75) is 26.2 Å². The second-order valence-corrected chi connectivity index (χ2v) is 3.96. The van der Waals surface area contributed by atoms with Gasteiger partial charge in [0.15, 0.2) is 0 Å². The molecule has 1 rings (SSSR count). The van der Waals surface area contributed by atoms with Crippen LogP contribution in [0.15, 0.2) is 12.7 Å². The fourth-order valence-electron chi connectivity index (χ4n) is 2.18. The highest BCUT2D eigenvalue weighted by Crippen LogP contribution is 2.49. The molecule has 1 saturated carbocycles. The predicted octanol–water partition coefficient (Wildman–Crippen LogP) is 2.64. The normalized spacial score (nSPS) is 33.7. The molecule has 1 unspecified atom stereocenters. The lowest BCUT2D eigenvalue weighted by molar-refractivity contribution is -0.164. The Kier molecular flexibility index (Phi) is 3.47. The summed E-state index contributed by atoms with van der Waals surface area (Å²) in [5.41, 5.74) is 0. The molecular weight excluding hydrogens is 202 g/mol. The van der Waals surface area contributed by atoms with Gasteiger partial charge in [-0.3, -0.25) is 4.79 Å². The zero-order valence-electron chi connectivity index (χ0n) is 9.00. The zero-order chi connectivity index (χ0) is 11.6. The van der Waals surface area contributed by atoms with Crippen LogP contribution in [0.4, 0.5) is 8.78 Å². The quantitative estimate of drug-likeness (QED) is 0.537. The smallest absolute Gasteiger partial charge is 0.315 e. The van der Waals surface area contributed by atoms with E-state index in [1.165, 1.54) is 6.08 Å². The van der Waals surface area contributed by atoms with Crippen molar-refractivity contribution in [2.75, 3.05) is 6.61 Å². The molecule has 86 valence electrons. The Morgan fingerprint density at radius 1 is 1.67 bits per heavy atom. The molecule has 0 aromatic carbocycles. The molecular formula is C11H16F2O2. The highest BCUT2D eigenvalue weighted by molar-refractivity contribution is 5.74. The van der Waals surface area contributed by atoms with Crippen molar-refractivity contribution >= 4 is 5.97 Å². The largest absolute Gasteiger partial charge is 0.466 e. The van der Waals surface area contributed by atoms with E-state index in [9.17, 15) is 13.6 Å². The summed E-state index contributed by atoms with van der Waals surface area (Å²) in [4.78, 5) is 11.4. The highest BCUT2D eigenvalue weighted by atomic mass is 19.3. The van der Waals surface area contributed by atoms with Gasteiger partial charge in [-0.25, -0.2) is 8.78 Å². The van der Waals surface area contributed by atoms with Gasteiger partial charge in [-0.15, -0.1) is 6.58 Å². The summed E-state index contributed by atoms with van der Waals surface area (Å²) in [6.07, 6.45) is 1.52. The molecule has 0 aromatic rings. The van der Waals surface area contributed by atoms with Crippen molar-refractivity contribution < 1.29 is 18.3 Å². The number of carbonyl (C=O) groups excluding carboxylic acids is 1. The van der Waals surface area contributed by atoms with Crippen LogP contribution in [0.2, 0.25) is 0 Å². The van der Waals surface area contributed by atoms with Crippen molar-refractivity contribution in [2.24, 2.45) is 17.8 Å². The summed E-state index contributed by atoms with van der Waals surface area (Å²) >= 11 is 0. The average Bonchev–Trinajstić information content (AvgIpc) is 2.36. The Morgan fingerprint density at radius 3 is 2.67 bits per heavy atom. The number of carbonyl (C=O) groups is 1. The Morgan fingerprint density at radius 2 is 2.27 bits per heavy atom. The number of hydrogen-bond acceptors (Lipinski definition) is 2. The summed E-state index contributed by atoms with van der Waals surface area (Å²) in [6.45, 7) is 6.78. The van der Waals surface area contributed by atoms with Crippen molar-refractivity contribution in [1.29, 1.82) is 0 Å². The van der Waals surface area contributed by atoms with E-state index >= 15 is 0 Å². The maximum absolute atomic E-state index is 13.7. The molecule has 1 fully saturated rings. The SMILES string of the molecule is C=CC1C[C@@H](C)[C@H](C(=O)OCC)C1(F)F. The predicted molar refractivity (Wildman–Crippen MR) is 52.5 cm³/mol. The molecule has 0 spiro atoms. The minimum atomic E-state index is -3.02. The molecule has 15 heavy (non-hydrogen) atoms. The van der Waals surface area contributed by atoms with Crippen LogP contribution in [-0.2, 0) is 9.53 Å². The van der Waals surface area contributed by atoms with E-state index in [0.717, 1.165) is 0 Å². The van der Waals surface area contributed by atoms with Gasteiger partial charge >= 0.3 is 5.97 Å². The van der Waals surface area contributed by atoms with Crippen molar-refractivity contribution in [3.63, 3.8) is 0 Å². The lowest BCUT2D eigenvalue weighted by atomic mass is 9.95.